The first-order chi connectivity index (χ1) is 15.3. The van der Waals surface area contributed by atoms with Gasteiger partial charge in [0.05, 0.1) is 25.0 Å². The summed E-state index contributed by atoms with van der Waals surface area (Å²) in [7, 11) is -1.45. The van der Waals surface area contributed by atoms with Gasteiger partial charge in [0.25, 0.3) is 0 Å². The molecule has 0 bridgehead atoms. The number of nitrogens with zero attached hydrogens (tertiary/aromatic N) is 2. The second kappa shape index (κ2) is 9.77. The van der Waals surface area contributed by atoms with E-state index < -0.39 is 10.0 Å². The van der Waals surface area contributed by atoms with Crippen LogP contribution in [0.5, 0.6) is 0 Å². The van der Waals surface area contributed by atoms with Crippen LogP contribution in [0.25, 0.3) is 0 Å². The number of sulfonamides is 1. The Morgan fingerprint density at radius 1 is 1.06 bits per heavy atom. The summed E-state index contributed by atoms with van der Waals surface area (Å²) in [4.78, 5) is 14.1. The van der Waals surface area contributed by atoms with Crippen LogP contribution in [-0.4, -0.2) is 50.6 Å². The minimum atomic E-state index is -3.35. The Labute approximate surface area is 190 Å². The lowest BCUT2D eigenvalue weighted by Gasteiger charge is -2.34. The van der Waals surface area contributed by atoms with Crippen molar-refractivity contribution < 1.29 is 13.2 Å². The van der Waals surface area contributed by atoms with Crippen molar-refractivity contribution in [2.45, 2.75) is 56.2 Å². The predicted octanol–water partition coefficient (Wildman–Crippen LogP) is 2.62. The highest BCUT2D eigenvalue weighted by atomic mass is 32.2. The van der Waals surface area contributed by atoms with Gasteiger partial charge in [0.2, 0.25) is 10.0 Å². The molecule has 2 atom stereocenters. The molecule has 174 valence electrons. The maximum absolute atomic E-state index is 12.0. The molecule has 4 rings (SSSR count). The van der Waals surface area contributed by atoms with Crippen LogP contribution in [0.3, 0.4) is 0 Å². The van der Waals surface area contributed by atoms with Gasteiger partial charge in [-0.25, -0.2) is 13.1 Å². The third-order valence-electron chi connectivity index (χ3n) is 6.75. The van der Waals surface area contributed by atoms with Crippen LogP contribution in [0.15, 0.2) is 53.5 Å². The fourth-order valence-corrected chi connectivity index (χ4v) is 5.93. The number of benzene rings is 1. The lowest BCUT2D eigenvalue weighted by Crippen LogP contribution is -2.48. The van der Waals surface area contributed by atoms with Crippen molar-refractivity contribution in [2.24, 2.45) is 7.05 Å². The molecule has 2 aromatic rings. The Balaban J connectivity index is 1.43. The lowest BCUT2D eigenvalue weighted by atomic mass is 9.83. The zero-order valence-electron chi connectivity index (χ0n) is 18.8. The Kier molecular flexibility index (Phi) is 7.02. The molecule has 1 saturated carbocycles. The van der Waals surface area contributed by atoms with Crippen molar-refractivity contribution in [3.8, 4) is 0 Å². The molecule has 0 unspecified atom stereocenters. The first-order valence-corrected chi connectivity index (χ1v) is 13.3. The van der Waals surface area contributed by atoms with Crippen LogP contribution >= 0.6 is 0 Å². The molecular weight excluding hydrogens is 426 g/mol. The minimum Gasteiger partial charge on any atom is -0.376 e. The number of aromatic nitrogens is 1. The first kappa shape index (κ1) is 23.0. The zero-order chi connectivity index (χ0) is 22.7. The maximum Gasteiger partial charge on any atom is 0.209 e. The monoisotopic (exact) mass is 459 g/mol. The van der Waals surface area contributed by atoms with Gasteiger partial charge in [-0.2, -0.15) is 0 Å². The number of hydrogen-bond donors (Lipinski definition) is 1. The van der Waals surface area contributed by atoms with E-state index in [0.29, 0.717) is 25.5 Å². The molecule has 2 fully saturated rings. The molecule has 8 heteroatoms. The van der Waals surface area contributed by atoms with E-state index >= 15 is 0 Å². The molecule has 0 spiro atoms. The summed E-state index contributed by atoms with van der Waals surface area (Å²) in [5, 5.41) is 0. The highest BCUT2D eigenvalue weighted by Crippen LogP contribution is 2.34. The summed E-state index contributed by atoms with van der Waals surface area (Å²) in [5.41, 5.74) is 1.34. The molecular formula is C24H33N3O4S. The summed E-state index contributed by atoms with van der Waals surface area (Å²) < 4.78 is 34.9. The Morgan fingerprint density at radius 2 is 1.78 bits per heavy atom. The topological polar surface area (TPSA) is 80.6 Å². The number of anilines is 1. The van der Waals surface area contributed by atoms with Crippen LogP contribution in [0.1, 0.15) is 43.6 Å². The highest BCUT2D eigenvalue weighted by molar-refractivity contribution is 7.88. The van der Waals surface area contributed by atoms with E-state index in [4.69, 9.17) is 4.74 Å². The average molecular weight is 460 g/mol. The van der Waals surface area contributed by atoms with Gasteiger partial charge in [0.15, 0.2) is 5.43 Å². The smallest absolute Gasteiger partial charge is 0.209 e. The second-order valence-electron chi connectivity index (χ2n) is 9.10. The molecule has 1 aromatic heterocycles. The van der Waals surface area contributed by atoms with Crippen LogP contribution in [0, 0.1) is 0 Å². The van der Waals surface area contributed by atoms with E-state index in [1.807, 2.05) is 11.6 Å². The van der Waals surface area contributed by atoms with Crippen molar-refractivity contribution in [3.63, 3.8) is 0 Å². The number of rotatable bonds is 7. The average Bonchev–Trinajstić information content (AvgIpc) is 3.15. The Bertz CT molecular complexity index is 1060. The van der Waals surface area contributed by atoms with E-state index in [1.165, 1.54) is 17.9 Å². The third-order valence-corrected chi connectivity index (χ3v) is 7.48. The van der Waals surface area contributed by atoms with E-state index in [9.17, 15) is 13.2 Å². The Morgan fingerprint density at radius 3 is 2.47 bits per heavy atom. The molecule has 2 aliphatic rings. The SMILES string of the molecule is Cn1ccc(=O)cc1N1CC[C@H](NS(C)(=O)=O)[C@@H]1CO[C@H]1CC[C@@H](c2ccccc2)CC1. The van der Waals surface area contributed by atoms with Gasteiger partial charge >= 0.3 is 0 Å². The van der Waals surface area contributed by atoms with Crippen molar-refractivity contribution in [1.82, 2.24) is 9.29 Å². The standard InChI is InChI=1S/C24H33N3O4S/c1-26-14-12-20(28)16-24(26)27-15-13-22(25-32(2,29)30)23(27)17-31-21-10-8-19(9-11-21)18-6-4-3-5-7-18/h3-7,12,14,16,19,21-23,25H,8-11,13,15,17H2,1-2H3/t19-,21+,22-,23-/m0/s1. The fraction of sp³-hybridized carbons (Fsp3) is 0.542. The maximum atomic E-state index is 12.0. The number of nitrogens with one attached hydrogen (secondary N) is 1. The number of hydrogen-bond acceptors (Lipinski definition) is 5. The highest BCUT2D eigenvalue weighted by Gasteiger charge is 2.37. The third kappa shape index (κ3) is 5.60. The normalized spacial score (nSPS) is 26.4. The van der Waals surface area contributed by atoms with Gasteiger partial charge in [-0.15, -0.1) is 0 Å². The van der Waals surface area contributed by atoms with Crippen LogP contribution in [-0.2, 0) is 21.8 Å². The molecule has 2 heterocycles. The quantitative estimate of drug-likeness (QED) is 0.689. The van der Waals surface area contributed by atoms with Gasteiger partial charge in [-0.05, 0) is 43.6 Å². The van der Waals surface area contributed by atoms with Crippen molar-refractivity contribution in [2.75, 3.05) is 24.3 Å². The molecule has 1 aromatic carbocycles. The number of pyridine rings is 1. The first-order valence-electron chi connectivity index (χ1n) is 11.4. The van der Waals surface area contributed by atoms with Crippen LogP contribution in [0.2, 0.25) is 0 Å². The minimum absolute atomic E-state index is 0.0588. The molecule has 1 saturated heterocycles. The zero-order valence-corrected chi connectivity index (χ0v) is 19.6. The molecule has 1 N–H and O–H groups in total. The summed E-state index contributed by atoms with van der Waals surface area (Å²) >= 11 is 0. The van der Waals surface area contributed by atoms with Crippen molar-refractivity contribution in [1.29, 1.82) is 0 Å². The molecule has 1 aliphatic carbocycles. The van der Waals surface area contributed by atoms with Gasteiger partial charge in [-0.1, -0.05) is 30.3 Å². The van der Waals surface area contributed by atoms with Crippen molar-refractivity contribution >= 4 is 15.8 Å². The second-order valence-corrected chi connectivity index (χ2v) is 10.9. The number of aryl methyl sites for hydroxylation is 1. The van der Waals surface area contributed by atoms with E-state index in [0.717, 1.165) is 31.5 Å². The Hall–Kier alpha value is -2.16. The van der Waals surface area contributed by atoms with Crippen LogP contribution < -0.4 is 15.1 Å². The van der Waals surface area contributed by atoms with Gasteiger partial charge in [-0.3, -0.25) is 4.79 Å². The molecule has 0 radical (unpaired) electrons. The predicted molar refractivity (Wildman–Crippen MR) is 127 cm³/mol. The van der Waals surface area contributed by atoms with E-state index in [2.05, 4.69) is 40.0 Å². The van der Waals surface area contributed by atoms with Gasteiger partial charge in [0, 0.05) is 38.0 Å². The fourth-order valence-electron chi connectivity index (χ4n) is 5.10. The van der Waals surface area contributed by atoms with E-state index in [-0.39, 0.29) is 23.6 Å². The van der Waals surface area contributed by atoms with Gasteiger partial charge in [0.1, 0.15) is 5.82 Å². The van der Waals surface area contributed by atoms with E-state index in [1.54, 1.807) is 12.3 Å². The molecule has 7 nitrogen and oxygen atoms in total. The number of ether oxygens (including phenoxy) is 1. The summed E-state index contributed by atoms with van der Waals surface area (Å²) in [6.07, 6.45) is 7.98. The summed E-state index contributed by atoms with van der Waals surface area (Å²) in [6, 6.07) is 13.4. The van der Waals surface area contributed by atoms with Crippen LogP contribution in [0.4, 0.5) is 5.82 Å². The lowest BCUT2D eigenvalue weighted by molar-refractivity contribution is 0.0156. The van der Waals surface area contributed by atoms with Gasteiger partial charge < -0.3 is 14.2 Å². The molecule has 32 heavy (non-hydrogen) atoms. The molecule has 1 aliphatic heterocycles. The summed E-state index contributed by atoms with van der Waals surface area (Å²) in [5.74, 6) is 1.37. The summed E-state index contributed by atoms with van der Waals surface area (Å²) in [6.45, 7) is 1.09. The van der Waals surface area contributed by atoms with Crippen molar-refractivity contribution in [3.05, 3.63) is 64.4 Å². The largest absolute Gasteiger partial charge is 0.376 e. The molecule has 0 amide bonds.